The van der Waals surface area contributed by atoms with Crippen LogP contribution in [0, 0.1) is 11.2 Å². The summed E-state index contributed by atoms with van der Waals surface area (Å²) in [5.41, 5.74) is 0.535. The Morgan fingerprint density at radius 2 is 1.96 bits per heavy atom. The lowest BCUT2D eigenvalue weighted by molar-refractivity contribution is -0.127. The number of ether oxygens (including phenoxy) is 2. The fraction of sp³-hybridized carbons (Fsp3) is 0.300. The molecule has 0 spiro atoms. The van der Waals surface area contributed by atoms with Gasteiger partial charge < -0.3 is 19.7 Å². The number of benzene rings is 2. The molecule has 142 valence electrons. The molecule has 1 aliphatic rings. The molecule has 2 amide bonds. The van der Waals surface area contributed by atoms with E-state index in [1.165, 1.54) is 24.3 Å². The molecular formula is C20H21FN2O4. The molecule has 0 saturated carbocycles. The van der Waals surface area contributed by atoms with Crippen molar-refractivity contribution < 1.29 is 23.5 Å². The van der Waals surface area contributed by atoms with E-state index in [0.717, 1.165) is 0 Å². The summed E-state index contributed by atoms with van der Waals surface area (Å²) in [5, 5.41) is 2.72. The number of nitrogens with one attached hydrogen (secondary N) is 1. The van der Waals surface area contributed by atoms with E-state index in [4.69, 9.17) is 9.47 Å². The van der Waals surface area contributed by atoms with Crippen LogP contribution in [0.5, 0.6) is 11.5 Å². The third-order valence-electron chi connectivity index (χ3n) is 4.26. The van der Waals surface area contributed by atoms with Gasteiger partial charge >= 0.3 is 0 Å². The number of carbonyl (C=O) groups is 2. The molecule has 0 saturated heterocycles. The molecule has 6 nitrogen and oxygen atoms in total. The monoisotopic (exact) mass is 372 g/mol. The summed E-state index contributed by atoms with van der Waals surface area (Å²) < 4.78 is 24.0. The number of fused-ring (bicyclic) bond motifs is 1. The van der Waals surface area contributed by atoms with E-state index in [1.54, 1.807) is 30.1 Å². The van der Waals surface area contributed by atoms with Gasteiger partial charge in [0.15, 0.2) is 6.61 Å². The van der Waals surface area contributed by atoms with Gasteiger partial charge in [-0.3, -0.25) is 9.59 Å². The van der Waals surface area contributed by atoms with Crippen molar-refractivity contribution >= 4 is 23.2 Å². The molecule has 0 fully saturated rings. The first-order valence-corrected chi connectivity index (χ1v) is 8.49. The van der Waals surface area contributed by atoms with E-state index in [1.807, 2.05) is 13.8 Å². The lowest BCUT2D eigenvalue weighted by Crippen LogP contribution is -2.39. The Morgan fingerprint density at radius 1 is 1.26 bits per heavy atom. The van der Waals surface area contributed by atoms with Crippen molar-refractivity contribution in [3.63, 3.8) is 0 Å². The molecule has 0 bridgehead atoms. The number of hydrogen-bond acceptors (Lipinski definition) is 4. The number of hydrogen-bond donors (Lipinski definition) is 1. The van der Waals surface area contributed by atoms with Crippen molar-refractivity contribution in [3.8, 4) is 11.5 Å². The average Bonchev–Trinajstić information content (AvgIpc) is 2.72. The Balaban J connectivity index is 1.67. The predicted octanol–water partition coefficient (Wildman–Crippen LogP) is 3.22. The Morgan fingerprint density at radius 3 is 2.67 bits per heavy atom. The van der Waals surface area contributed by atoms with Crippen LogP contribution in [0.2, 0.25) is 0 Å². The molecule has 27 heavy (non-hydrogen) atoms. The van der Waals surface area contributed by atoms with Crippen LogP contribution in [0.1, 0.15) is 13.8 Å². The zero-order chi connectivity index (χ0) is 19.6. The quantitative estimate of drug-likeness (QED) is 0.895. The number of carbonyl (C=O) groups excluding carboxylic acids is 2. The van der Waals surface area contributed by atoms with Crippen molar-refractivity contribution in [1.29, 1.82) is 0 Å². The fourth-order valence-corrected chi connectivity index (χ4v) is 2.74. The summed E-state index contributed by atoms with van der Waals surface area (Å²) in [4.78, 5) is 26.1. The van der Waals surface area contributed by atoms with Gasteiger partial charge in [-0.25, -0.2) is 4.39 Å². The van der Waals surface area contributed by atoms with Gasteiger partial charge in [-0.2, -0.15) is 0 Å². The van der Waals surface area contributed by atoms with E-state index in [0.29, 0.717) is 22.9 Å². The van der Waals surface area contributed by atoms with Crippen LogP contribution in [0.15, 0.2) is 42.5 Å². The zero-order valence-electron chi connectivity index (χ0n) is 15.4. The van der Waals surface area contributed by atoms with Gasteiger partial charge in [0.25, 0.3) is 5.91 Å². The highest BCUT2D eigenvalue weighted by molar-refractivity contribution is 5.99. The van der Waals surface area contributed by atoms with Gasteiger partial charge in [0.2, 0.25) is 5.91 Å². The van der Waals surface area contributed by atoms with Crippen LogP contribution in [0.4, 0.5) is 15.8 Å². The topological polar surface area (TPSA) is 67.9 Å². The molecule has 1 heterocycles. The molecule has 0 aliphatic carbocycles. The van der Waals surface area contributed by atoms with Gasteiger partial charge in [0.05, 0.1) is 11.1 Å². The Hall–Kier alpha value is -3.09. The maximum Gasteiger partial charge on any atom is 0.262 e. The SMILES string of the molecule is CN1C(=O)C(C)(C)COc2cc(NC(=O)COc3ccc(F)cc3)ccc21. The van der Waals surface area contributed by atoms with Crippen molar-refractivity contribution in [2.45, 2.75) is 13.8 Å². The summed E-state index contributed by atoms with van der Waals surface area (Å²) >= 11 is 0. The van der Waals surface area contributed by atoms with Gasteiger partial charge in [0, 0.05) is 18.8 Å². The number of anilines is 2. The minimum atomic E-state index is -0.639. The van der Waals surface area contributed by atoms with Crippen molar-refractivity contribution in [2.75, 3.05) is 30.5 Å². The minimum Gasteiger partial charge on any atom is -0.490 e. The predicted molar refractivity (Wildman–Crippen MR) is 99.7 cm³/mol. The van der Waals surface area contributed by atoms with Crippen molar-refractivity contribution in [3.05, 3.63) is 48.3 Å². The highest BCUT2D eigenvalue weighted by atomic mass is 19.1. The van der Waals surface area contributed by atoms with Gasteiger partial charge in [-0.05, 0) is 50.2 Å². The fourth-order valence-electron chi connectivity index (χ4n) is 2.74. The normalized spacial score (nSPS) is 15.4. The van der Waals surface area contributed by atoms with Crippen molar-refractivity contribution in [2.24, 2.45) is 5.41 Å². The summed E-state index contributed by atoms with van der Waals surface area (Å²) in [7, 11) is 1.70. The number of rotatable bonds is 4. The van der Waals surface area contributed by atoms with E-state index < -0.39 is 5.41 Å². The Bertz CT molecular complexity index is 865. The molecule has 7 heteroatoms. The molecule has 0 aromatic heterocycles. The largest absolute Gasteiger partial charge is 0.490 e. The second-order valence-electron chi connectivity index (χ2n) is 7.01. The molecular weight excluding hydrogens is 351 g/mol. The molecule has 3 rings (SSSR count). The highest BCUT2D eigenvalue weighted by Gasteiger charge is 2.36. The maximum absolute atomic E-state index is 12.9. The van der Waals surface area contributed by atoms with Crippen LogP contribution in [0.25, 0.3) is 0 Å². The molecule has 0 atom stereocenters. The number of amides is 2. The number of nitrogens with zero attached hydrogens (tertiary/aromatic N) is 1. The first-order valence-electron chi connectivity index (χ1n) is 8.49. The zero-order valence-corrected chi connectivity index (χ0v) is 15.4. The standard InChI is InChI=1S/C20H21FN2O4/c1-20(2)12-27-17-10-14(6-9-16(17)23(3)19(20)25)22-18(24)11-26-15-7-4-13(21)5-8-15/h4-10H,11-12H2,1-3H3,(H,22,24). The van der Waals surface area contributed by atoms with Crippen molar-refractivity contribution in [1.82, 2.24) is 0 Å². The lowest BCUT2D eigenvalue weighted by atomic mass is 9.93. The van der Waals surface area contributed by atoms with E-state index >= 15 is 0 Å². The number of halogens is 1. The maximum atomic E-state index is 12.9. The molecule has 0 unspecified atom stereocenters. The Kier molecular flexibility index (Phi) is 5.03. The van der Waals surface area contributed by atoms with Crippen LogP contribution >= 0.6 is 0 Å². The summed E-state index contributed by atoms with van der Waals surface area (Å²) in [5.74, 6) is 0.152. The van der Waals surface area contributed by atoms with E-state index in [-0.39, 0.29) is 30.8 Å². The Labute approximate surface area is 156 Å². The summed E-state index contributed by atoms with van der Waals surface area (Å²) in [6.45, 7) is 3.68. The van der Waals surface area contributed by atoms with Crippen LogP contribution in [0.3, 0.4) is 0 Å². The minimum absolute atomic E-state index is 0.0364. The third kappa shape index (κ3) is 4.19. The van der Waals surface area contributed by atoms with E-state index in [2.05, 4.69) is 5.32 Å². The summed E-state index contributed by atoms with van der Waals surface area (Å²) in [6, 6.07) is 10.5. The van der Waals surface area contributed by atoms with Crippen LogP contribution in [-0.4, -0.2) is 32.1 Å². The molecule has 2 aromatic rings. The second-order valence-corrected chi connectivity index (χ2v) is 7.01. The lowest BCUT2D eigenvalue weighted by Gasteiger charge is -2.24. The first kappa shape index (κ1) is 18.7. The third-order valence-corrected chi connectivity index (χ3v) is 4.26. The van der Waals surface area contributed by atoms with Crippen LogP contribution in [-0.2, 0) is 9.59 Å². The van der Waals surface area contributed by atoms with Crippen LogP contribution < -0.4 is 19.7 Å². The molecule has 1 N–H and O–H groups in total. The molecule has 1 aliphatic heterocycles. The molecule has 2 aromatic carbocycles. The summed E-state index contributed by atoms with van der Waals surface area (Å²) in [6.07, 6.45) is 0. The second kappa shape index (κ2) is 7.26. The smallest absolute Gasteiger partial charge is 0.262 e. The van der Waals surface area contributed by atoms with Gasteiger partial charge in [0.1, 0.15) is 23.9 Å². The van der Waals surface area contributed by atoms with E-state index in [9.17, 15) is 14.0 Å². The first-order chi connectivity index (χ1) is 12.8. The molecule has 0 radical (unpaired) electrons. The average molecular weight is 372 g/mol. The van der Waals surface area contributed by atoms with Gasteiger partial charge in [-0.1, -0.05) is 0 Å². The highest BCUT2D eigenvalue weighted by Crippen LogP contribution is 2.37. The van der Waals surface area contributed by atoms with Gasteiger partial charge in [-0.15, -0.1) is 0 Å².